The van der Waals surface area contributed by atoms with Crippen LogP contribution in [0.15, 0.2) is 48.5 Å². The lowest BCUT2D eigenvalue weighted by molar-refractivity contribution is 0.414. The van der Waals surface area contributed by atoms with E-state index in [1.54, 1.807) is 7.11 Å². The van der Waals surface area contributed by atoms with Crippen LogP contribution in [0.5, 0.6) is 5.75 Å². The van der Waals surface area contributed by atoms with E-state index in [9.17, 15) is 4.39 Å². The van der Waals surface area contributed by atoms with E-state index in [0.29, 0.717) is 0 Å². The SMILES string of the molecule is COc1ccc(CNCCc2ccc(F)cc2)cc1. The summed E-state index contributed by atoms with van der Waals surface area (Å²) in [5.74, 6) is 0.685. The largest absolute Gasteiger partial charge is 0.497 e. The highest BCUT2D eigenvalue weighted by Crippen LogP contribution is 2.11. The summed E-state index contributed by atoms with van der Waals surface area (Å²) >= 11 is 0. The summed E-state index contributed by atoms with van der Waals surface area (Å²) in [4.78, 5) is 0. The minimum absolute atomic E-state index is 0.185. The third-order valence-corrected chi connectivity index (χ3v) is 2.99. The smallest absolute Gasteiger partial charge is 0.123 e. The first-order chi connectivity index (χ1) is 9.28. The maximum Gasteiger partial charge on any atom is 0.123 e. The van der Waals surface area contributed by atoms with E-state index in [-0.39, 0.29) is 5.82 Å². The normalized spacial score (nSPS) is 10.4. The van der Waals surface area contributed by atoms with Crippen molar-refractivity contribution in [3.05, 3.63) is 65.5 Å². The van der Waals surface area contributed by atoms with Crippen LogP contribution in [0.4, 0.5) is 4.39 Å². The monoisotopic (exact) mass is 259 g/mol. The van der Waals surface area contributed by atoms with Crippen LogP contribution in [0.2, 0.25) is 0 Å². The van der Waals surface area contributed by atoms with Gasteiger partial charge in [-0.1, -0.05) is 24.3 Å². The van der Waals surface area contributed by atoms with Gasteiger partial charge in [0.1, 0.15) is 11.6 Å². The van der Waals surface area contributed by atoms with Crippen molar-refractivity contribution in [2.75, 3.05) is 13.7 Å². The molecule has 3 heteroatoms. The number of methoxy groups -OCH3 is 1. The van der Waals surface area contributed by atoms with E-state index in [4.69, 9.17) is 4.74 Å². The molecule has 0 saturated carbocycles. The fourth-order valence-corrected chi connectivity index (χ4v) is 1.86. The average Bonchev–Trinajstić information content (AvgIpc) is 2.46. The molecule has 0 unspecified atom stereocenters. The van der Waals surface area contributed by atoms with Gasteiger partial charge in [-0.25, -0.2) is 4.39 Å². The molecule has 2 rings (SSSR count). The van der Waals surface area contributed by atoms with Crippen molar-refractivity contribution in [2.45, 2.75) is 13.0 Å². The summed E-state index contributed by atoms with van der Waals surface area (Å²) in [6.45, 7) is 1.70. The van der Waals surface area contributed by atoms with Crippen LogP contribution >= 0.6 is 0 Å². The highest BCUT2D eigenvalue weighted by Gasteiger charge is 1.96. The Morgan fingerprint density at radius 1 is 0.947 bits per heavy atom. The van der Waals surface area contributed by atoms with Gasteiger partial charge < -0.3 is 10.1 Å². The van der Waals surface area contributed by atoms with Crippen molar-refractivity contribution in [1.29, 1.82) is 0 Å². The molecule has 2 aromatic rings. The maximum absolute atomic E-state index is 12.7. The molecule has 0 amide bonds. The van der Waals surface area contributed by atoms with Gasteiger partial charge >= 0.3 is 0 Å². The first kappa shape index (κ1) is 13.6. The number of halogens is 1. The average molecular weight is 259 g/mol. The Hall–Kier alpha value is -1.87. The molecule has 0 aliphatic heterocycles. The van der Waals surface area contributed by atoms with Crippen molar-refractivity contribution in [3.63, 3.8) is 0 Å². The minimum Gasteiger partial charge on any atom is -0.497 e. The number of ether oxygens (including phenoxy) is 1. The molecule has 0 fully saturated rings. The van der Waals surface area contributed by atoms with Gasteiger partial charge in [0.15, 0.2) is 0 Å². The zero-order valence-electron chi connectivity index (χ0n) is 11.0. The molecule has 0 aromatic heterocycles. The predicted octanol–water partition coefficient (Wildman–Crippen LogP) is 3.17. The number of hydrogen-bond donors (Lipinski definition) is 1. The number of nitrogens with one attached hydrogen (secondary N) is 1. The topological polar surface area (TPSA) is 21.3 Å². The van der Waals surface area contributed by atoms with Crippen LogP contribution in [0.3, 0.4) is 0 Å². The third kappa shape index (κ3) is 4.38. The van der Waals surface area contributed by atoms with Gasteiger partial charge in [0, 0.05) is 6.54 Å². The maximum atomic E-state index is 12.7. The molecule has 0 atom stereocenters. The first-order valence-corrected chi connectivity index (χ1v) is 6.36. The Balaban J connectivity index is 1.72. The highest BCUT2D eigenvalue weighted by molar-refractivity contribution is 5.27. The quantitative estimate of drug-likeness (QED) is 0.805. The molecule has 1 N–H and O–H groups in total. The van der Waals surface area contributed by atoms with Gasteiger partial charge in [0.2, 0.25) is 0 Å². The van der Waals surface area contributed by atoms with Crippen LogP contribution in [-0.2, 0) is 13.0 Å². The summed E-state index contributed by atoms with van der Waals surface area (Å²) in [6, 6.07) is 14.6. The molecule has 0 bridgehead atoms. The van der Waals surface area contributed by atoms with Crippen LogP contribution in [0.1, 0.15) is 11.1 Å². The van der Waals surface area contributed by atoms with E-state index in [0.717, 1.165) is 30.8 Å². The van der Waals surface area contributed by atoms with Gasteiger partial charge in [0.05, 0.1) is 7.11 Å². The second-order valence-electron chi connectivity index (χ2n) is 4.40. The van der Waals surface area contributed by atoms with E-state index in [2.05, 4.69) is 5.32 Å². The van der Waals surface area contributed by atoms with Crippen molar-refractivity contribution in [2.24, 2.45) is 0 Å². The molecule has 0 aliphatic rings. The second kappa shape index (κ2) is 6.90. The third-order valence-electron chi connectivity index (χ3n) is 2.99. The molecule has 19 heavy (non-hydrogen) atoms. The van der Waals surface area contributed by atoms with Gasteiger partial charge in [0.25, 0.3) is 0 Å². The summed E-state index contributed by atoms with van der Waals surface area (Å²) < 4.78 is 17.8. The van der Waals surface area contributed by atoms with Crippen molar-refractivity contribution in [1.82, 2.24) is 5.32 Å². The summed E-state index contributed by atoms with van der Waals surface area (Å²) in [6.07, 6.45) is 0.899. The Kier molecular flexibility index (Phi) is 4.93. The highest BCUT2D eigenvalue weighted by atomic mass is 19.1. The Morgan fingerprint density at radius 3 is 2.21 bits per heavy atom. The number of hydrogen-bond acceptors (Lipinski definition) is 2. The number of benzene rings is 2. The van der Waals surface area contributed by atoms with Crippen LogP contribution < -0.4 is 10.1 Å². The molecular formula is C16H18FNO. The molecule has 0 radical (unpaired) electrons. The Morgan fingerprint density at radius 2 is 1.58 bits per heavy atom. The fourth-order valence-electron chi connectivity index (χ4n) is 1.86. The zero-order valence-corrected chi connectivity index (χ0v) is 11.0. The van der Waals surface area contributed by atoms with Gasteiger partial charge in [-0.15, -0.1) is 0 Å². The van der Waals surface area contributed by atoms with E-state index < -0.39 is 0 Å². The van der Waals surface area contributed by atoms with Gasteiger partial charge in [-0.3, -0.25) is 0 Å². The van der Waals surface area contributed by atoms with Crippen molar-refractivity contribution >= 4 is 0 Å². The standard InChI is InChI=1S/C16H18FNO/c1-19-16-8-4-14(5-9-16)12-18-11-10-13-2-6-15(17)7-3-13/h2-9,18H,10-12H2,1H3. The molecule has 0 aliphatic carbocycles. The lowest BCUT2D eigenvalue weighted by atomic mass is 10.1. The van der Waals surface area contributed by atoms with E-state index in [1.165, 1.54) is 17.7 Å². The molecule has 2 nitrogen and oxygen atoms in total. The minimum atomic E-state index is -0.185. The van der Waals surface area contributed by atoms with Crippen LogP contribution in [-0.4, -0.2) is 13.7 Å². The fraction of sp³-hybridized carbons (Fsp3) is 0.250. The molecule has 0 saturated heterocycles. The molecular weight excluding hydrogens is 241 g/mol. The van der Waals surface area contributed by atoms with Gasteiger partial charge in [-0.2, -0.15) is 0 Å². The van der Waals surface area contributed by atoms with E-state index in [1.807, 2.05) is 36.4 Å². The van der Waals surface area contributed by atoms with Crippen LogP contribution in [0, 0.1) is 5.82 Å². The Labute approximate surface area is 113 Å². The molecule has 2 aromatic carbocycles. The second-order valence-corrected chi connectivity index (χ2v) is 4.40. The zero-order chi connectivity index (χ0) is 13.5. The van der Waals surface area contributed by atoms with E-state index >= 15 is 0 Å². The Bertz CT molecular complexity index is 493. The predicted molar refractivity (Wildman–Crippen MR) is 74.8 cm³/mol. The lowest BCUT2D eigenvalue weighted by Gasteiger charge is -2.06. The molecule has 0 spiro atoms. The summed E-state index contributed by atoms with van der Waals surface area (Å²) in [7, 11) is 1.66. The molecule has 0 heterocycles. The molecule has 100 valence electrons. The van der Waals surface area contributed by atoms with Crippen molar-refractivity contribution < 1.29 is 9.13 Å². The van der Waals surface area contributed by atoms with Crippen molar-refractivity contribution in [3.8, 4) is 5.75 Å². The van der Waals surface area contributed by atoms with Gasteiger partial charge in [-0.05, 0) is 48.4 Å². The summed E-state index contributed by atoms with van der Waals surface area (Å²) in [5.41, 5.74) is 2.36. The first-order valence-electron chi connectivity index (χ1n) is 6.36. The summed E-state index contributed by atoms with van der Waals surface area (Å²) in [5, 5.41) is 3.37. The van der Waals surface area contributed by atoms with Crippen LogP contribution in [0.25, 0.3) is 0 Å². The lowest BCUT2D eigenvalue weighted by Crippen LogP contribution is -2.16. The number of rotatable bonds is 6.